The third kappa shape index (κ3) is 5.96. The highest BCUT2D eigenvalue weighted by Gasteiger charge is 2.21. The molecule has 0 saturated heterocycles. The first-order chi connectivity index (χ1) is 11.0. The van der Waals surface area contributed by atoms with Gasteiger partial charge in [-0.25, -0.2) is 4.99 Å². The molecular formula is C18H29IN4O. The number of guanidine groups is 1. The molecule has 1 aromatic carbocycles. The summed E-state index contributed by atoms with van der Waals surface area (Å²) in [5, 5.41) is 3.04. The fourth-order valence-electron chi connectivity index (χ4n) is 2.94. The van der Waals surface area contributed by atoms with Crippen LogP contribution in [0.15, 0.2) is 23.2 Å². The number of aryl methyl sites for hydroxylation is 2. The van der Waals surface area contributed by atoms with Gasteiger partial charge in [-0.2, -0.15) is 0 Å². The number of hydrogen-bond acceptors (Lipinski definition) is 2. The molecule has 5 nitrogen and oxygen atoms in total. The fourth-order valence-corrected chi connectivity index (χ4v) is 2.94. The minimum Gasteiger partial charge on any atom is -0.370 e. The van der Waals surface area contributed by atoms with Crippen LogP contribution in [0.25, 0.3) is 0 Å². The molecule has 0 aromatic heterocycles. The number of carbonyl (C=O) groups excluding carboxylic acids is 1. The predicted octanol–water partition coefficient (Wildman–Crippen LogP) is 3.44. The number of nitrogens with one attached hydrogen (secondary N) is 1. The standard InChI is InChI=1S/C18H28N4O.HI/c1-13-9-10-15(11-14(13)2)21-18(19)20-12-17(23)22(3)16-7-5-4-6-8-16;/h9-11,16H,4-8,12H2,1-3H3,(H3,19,20,21);1H. The molecule has 1 aliphatic rings. The van der Waals surface area contributed by atoms with E-state index in [1.54, 1.807) is 0 Å². The van der Waals surface area contributed by atoms with Crippen LogP contribution in [0.3, 0.4) is 0 Å². The quantitative estimate of drug-likeness (QED) is 0.425. The van der Waals surface area contributed by atoms with Crippen LogP contribution >= 0.6 is 24.0 Å². The molecule has 24 heavy (non-hydrogen) atoms. The van der Waals surface area contributed by atoms with Gasteiger partial charge in [-0.15, -0.1) is 24.0 Å². The Morgan fingerprint density at radius 2 is 1.92 bits per heavy atom. The second kappa shape index (κ2) is 9.86. The molecule has 2 rings (SSSR count). The van der Waals surface area contributed by atoms with E-state index in [9.17, 15) is 4.79 Å². The van der Waals surface area contributed by atoms with E-state index in [2.05, 4.69) is 24.2 Å². The first-order valence-electron chi connectivity index (χ1n) is 8.37. The van der Waals surface area contributed by atoms with Crippen molar-refractivity contribution in [3.8, 4) is 0 Å². The Bertz CT molecular complexity index is 582. The van der Waals surface area contributed by atoms with Crippen LogP contribution in [-0.4, -0.2) is 36.4 Å². The number of aliphatic imine (C=N–C) groups is 1. The van der Waals surface area contributed by atoms with E-state index >= 15 is 0 Å². The van der Waals surface area contributed by atoms with Gasteiger partial charge in [0.2, 0.25) is 5.91 Å². The largest absolute Gasteiger partial charge is 0.370 e. The molecule has 1 saturated carbocycles. The fraction of sp³-hybridized carbons (Fsp3) is 0.556. The molecule has 6 heteroatoms. The van der Waals surface area contributed by atoms with Gasteiger partial charge in [0.25, 0.3) is 0 Å². The van der Waals surface area contributed by atoms with Crippen molar-refractivity contribution >= 4 is 41.5 Å². The SMILES string of the molecule is Cc1ccc(NC(N)=NCC(=O)N(C)C2CCCCC2)cc1C.I. The Labute approximate surface area is 162 Å². The molecular weight excluding hydrogens is 415 g/mol. The summed E-state index contributed by atoms with van der Waals surface area (Å²) in [6.45, 7) is 4.21. The third-order valence-electron chi connectivity index (χ3n) is 4.68. The summed E-state index contributed by atoms with van der Waals surface area (Å²) in [5.74, 6) is 0.306. The molecule has 1 aromatic rings. The van der Waals surface area contributed by atoms with E-state index in [1.807, 2.05) is 30.1 Å². The summed E-state index contributed by atoms with van der Waals surface area (Å²) in [7, 11) is 1.88. The highest BCUT2D eigenvalue weighted by molar-refractivity contribution is 14.0. The number of nitrogens with two attached hydrogens (primary N) is 1. The molecule has 0 unspecified atom stereocenters. The summed E-state index contributed by atoms with van der Waals surface area (Å²) in [5.41, 5.74) is 9.20. The second-order valence-corrected chi connectivity index (χ2v) is 6.42. The zero-order chi connectivity index (χ0) is 16.8. The van der Waals surface area contributed by atoms with Crippen LogP contribution < -0.4 is 11.1 Å². The van der Waals surface area contributed by atoms with Gasteiger partial charge < -0.3 is 16.0 Å². The minimum absolute atomic E-state index is 0. The van der Waals surface area contributed by atoms with Gasteiger partial charge in [0.15, 0.2) is 5.96 Å². The molecule has 0 radical (unpaired) electrons. The smallest absolute Gasteiger partial charge is 0.244 e. The number of rotatable bonds is 4. The van der Waals surface area contributed by atoms with Crippen molar-refractivity contribution in [1.29, 1.82) is 0 Å². The van der Waals surface area contributed by atoms with Gasteiger partial charge in [-0.05, 0) is 49.9 Å². The van der Waals surface area contributed by atoms with Crippen LogP contribution in [0.1, 0.15) is 43.2 Å². The van der Waals surface area contributed by atoms with E-state index in [4.69, 9.17) is 5.73 Å². The van der Waals surface area contributed by atoms with E-state index in [-0.39, 0.29) is 42.4 Å². The molecule has 0 aliphatic heterocycles. The van der Waals surface area contributed by atoms with Crippen LogP contribution in [0.2, 0.25) is 0 Å². The van der Waals surface area contributed by atoms with Crippen molar-refractivity contribution in [2.24, 2.45) is 10.7 Å². The highest BCUT2D eigenvalue weighted by Crippen LogP contribution is 2.21. The average molecular weight is 444 g/mol. The lowest BCUT2D eigenvalue weighted by Gasteiger charge is -2.30. The summed E-state index contributed by atoms with van der Waals surface area (Å²) < 4.78 is 0. The summed E-state index contributed by atoms with van der Waals surface area (Å²) in [6, 6.07) is 6.38. The summed E-state index contributed by atoms with van der Waals surface area (Å²) in [6.07, 6.45) is 5.90. The zero-order valence-corrected chi connectivity index (χ0v) is 17.2. The lowest BCUT2D eigenvalue weighted by molar-refractivity contribution is -0.130. The average Bonchev–Trinajstić information content (AvgIpc) is 2.56. The van der Waals surface area contributed by atoms with Crippen molar-refractivity contribution in [3.63, 3.8) is 0 Å². The molecule has 0 atom stereocenters. The van der Waals surface area contributed by atoms with Crippen LogP contribution in [-0.2, 0) is 4.79 Å². The molecule has 1 fully saturated rings. The van der Waals surface area contributed by atoms with Crippen LogP contribution in [0.5, 0.6) is 0 Å². The van der Waals surface area contributed by atoms with Gasteiger partial charge in [-0.1, -0.05) is 25.3 Å². The third-order valence-corrected chi connectivity index (χ3v) is 4.68. The Hall–Kier alpha value is -1.31. The van der Waals surface area contributed by atoms with Gasteiger partial charge >= 0.3 is 0 Å². The first-order valence-corrected chi connectivity index (χ1v) is 8.37. The Morgan fingerprint density at radius 3 is 2.54 bits per heavy atom. The number of carbonyl (C=O) groups is 1. The summed E-state index contributed by atoms with van der Waals surface area (Å²) in [4.78, 5) is 18.3. The Kier molecular flexibility index (Phi) is 8.52. The zero-order valence-electron chi connectivity index (χ0n) is 14.8. The van der Waals surface area contributed by atoms with Gasteiger partial charge in [-0.3, -0.25) is 4.79 Å². The van der Waals surface area contributed by atoms with Crippen LogP contribution in [0.4, 0.5) is 5.69 Å². The highest BCUT2D eigenvalue weighted by atomic mass is 127. The van der Waals surface area contributed by atoms with Crippen molar-refractivity contribution in [3.05, 3.63) is 29.3 Å². The minimum atomic E-state index is 0. The number of amides is 1. The van der Waals surface area contributed by atoms with Crippen molar-refractivity contribution in [1.82, 2.24) is 4.90 Å². The number of nitrogens with zero attached hydrogens (tertiary/aromatic N) is 2. The Morgan fingerprint density at radius 1 is 1.25 bits per heavy atom. The summed E-state index contributed by atoms with van der Waals surface area (Å²) >= 11 is 0. The Balaban J connectivity index is 0.00000288. The molecule has 0 heterocycles. The normalized spacial score (nSPS) is 15.5. The van der Waals surface area contributed by atoms with Gasteiger partial charge in [0.05, 0.1) is 0 Å². The maximum atomic E-state index is 12.2. The molecule has 3 N–H and O–H groups in total. The number of hydrogen-bond donors (Lipinski definition) is 2. The topological polar surface area (TPSA) is 70.7 Å². The molecule has 1 amide bonds. The van der Waals surface area contributed by atoms with Gasteiger partial charge in [0.1, 0.15) is 6.54 Å². The van der Waals surface area contributed by atoms with E-state index in [0.717, 1.165) is 18.5 Å². The lowest BCUT2D eigenvalue weighted by atomic mass is 9.94. The predicted molar refractivity (Wildman–Crippen MR) is 111 cm³/mol. The van der Waals surface area contributed by atoms with Crippen LogP contribution in [0, 0.1) is 13.8 Å². The first kappa shape index (κ1) is 20.7. The lowest BCUT2D eigenvalue weighted by Crippen LogP contribution is -2.40. The maximum Gasteiger partial charge on any atom is 0.244 e. The molecule has 0 bridgehead atoms. The second-order valence-electron chi connectivity index (χ2n) is 6.42. The number of likely N-dealkylation sites (N-methyl/N-ethyl adjacent to an activating group) is 1. The van der Waals surface area contributed by atoms with E-state index in [0.29, 0.717) is 6.04 Å². The maximum absolute atomic E-state index is 12.2. The van der Waals surface area contributed by atoms with Gasteiger partial charge in [0, 0.05) is 18.8 Å². The van der Waals surface area contributed by atoms with E-state index < -0.39 is 0 Å². The molecule has 134 valence electrons. The number of anilines is 1. The van der Waals surface area contributed by atoms with E-state index in [1.165, 1.54) is 30.4 Å². The van der Waals surface area contributed by atoms with Crippen molar-refractivity contribution in [2.75, 3.05) is 18.9 Å². The molecule has 1 aliphatic carbocycles. The monoisotopic (exact) mass is 444 g/mol. The number of halogens is 1. The molecule has 0 spiro atoms. The number of benzene rings is 1. The van der Waals surface area contributed by atoms with Crippen molar-refractivity contribution < 1.29 is 4.79 Å². The van der Waals surface area contributed by atoms with Crippen molar-refractivity contribution in [2.45, 2.75) is 52.0 Å².